The Morgan fingerprint density at radius 3 is 2.27 bits per heavy atom. The number of carbonyl (C=O) groups is 1. The van der Waals surface area contributed by atoms with Gasteiger partial charge in [-0.1, -0.05) is 72.8 Å². The molecule has 3 aromatic rings. The fraction of sp³-hybridized carbons (Fsp3) is 0.647. The number of amides is 1. The Bertz CT molecular complexity index is 1690. The van der Waals surface area contributed by atoms with Gasteiger partial charge >= 0.3 is 6.09 Å². The van der Waals surface area contributed by atoms with E-state index in [4.69, 9.17) is 13.9 Å². The minimum absolute atomic E-state index is 0.0197. The average molecular weight is 715 g/mol. The summed E-state index contributed by atoms with van der Waals surface area (Å²) < 4.78 is 20.9. The van der Waals surface area contributed by atoms with Crippen molar-refractivity contribution >= 4 is 45.2 Å². The van der Waals surface area contributed by atoms with Crippen LogP contribution in [-0.4, -0.2) is 75.6 Å². The van der Waals surface area contributed by atoms with Crippen molar-refractivity contribution in [1.29, 1.82) is 0 Å². The lowest BCUT2D eigenvalue weighted by molar-refractivity contribution is -0.385. The van der Waals surface area contributed by atoms with Crippen molar-refractivity contribution in [1.82, 2.24) is 19.5 Å². The molecule has 1 N–H and O–H groups in total. The molecule has 0 radical (unpaired) electrons. The standard InChI is InChI=1S/C34H54N6O7Si2/c1-31(2,3)47-30(41)38(19-23-16-14-15-17-24(23)40(43)44)28-27-29(36-21-35-28)39(22-37-27)26-18-34(42,48(10,11)32(4,5)6)25(46-26)20-45-49(12,13)33(7,8)9/h14-17,21-22,25-26,42H,18-20H2,1-13H3/t25-,26-,34-/m1/s1. The third-order valence-electron chi connectivity index (χ3n) is 10.7. The van der Waals surface area contributed by atoms with Crippen LogP contribution in [-0.2, 0) is 20.4 Å². The molecule has 0 spiro atoms. The number of benzene rings is 1. The Labute approximate surface area is 291 Å². The molecule has 4 rings (SSSR count). The number of fused-ring (bicyclic) bond motifs is 1. The number of ether oxygens (including phenoxy) is 2. The highest BCUT2D eigenvalue weighted by molar-refractivity contribution is 6.83. The maximum atomic E-state index is 13.7. The first-order valence-electron chi connectivity index (χ1n) is 16.7. The molecule has 1 aliphatic heterocycles. The number of aromatic nitrogens is 4. The molecule has 1 saturated heterocycles. The fourth-order valence-electron chi connectivity index (χ4n) is 5.68. The third-order valence-corrected chi connectivity index (χ3v) is 21.7. The molecular formula is C34H54N6O7Si2. The first kappa shape index (κ1) is 38.6. The quantitative estimate of drug-likeness (QED) is 0.132. The van der Waals surface area contributed by atoms with Gasteiger partial charge in [0.2, 0.25) is 0 Å². The predicted octanol–water partition coefficient (Wildman–Crippen LogP) is 7.76. The van der Waals surface area contributed by atoms with Crippen LogP contribution in [0.1, 0.15) is 80.5 Å². The van der Waals surface area contributed by atoms with Gasteiger partial charge in [-0.3, -0.25) is 19.6 Å². The van der Waals surface area contributed by atoms with E-state index in [1.807, 2.05) is 0 Å². The van der Waals surface area contributed by atoms with Crippen LogP contribution < -0.4 is 4.90 Å². The van der Waals surface area contributed by atoms with Crippen LogP contribution in [0.3, 0.4) is 0 Å². The zero-order chi connectivity index (χ0) is 37.0. The summed E-state index contributed by atoms with van der Waals surface area (Å²) in [5.41, 5.74) is -0.0199. The number of para-hydroxylation sites is 1. The highest BCUT2D eigenvalue weighted by Gasteiger charge is 2.62. The van der Waals surface area contributed by atoms with Gasteiger partial charge in [-0.05, 0) is 43.9 Å². The molecule has 15 heteroatoms. The van der Waals surface area contributed by atoms with Crippen LogP contribution in [0, 0.1) is 10.1 Å². The van der Waals surface area contributed by atoms with E-state index < -0.39 is 50.6 Å². The summed E-state index contributed by atoms with van der Waals surface area (Å²) in [6.07, 6.45) is 1.22. The predicted molar refractivity (Wildman–Crippen MR) is 195 cm³/mol. The van der Waals surface area contributed by atoms with Gasteiger partial charge in [-0.2, -0.15) is 0 Å². The molecule has 0 bridgehead atoms. The van der Waals surface area contributed by atoms with Gasteiger partial charge in [0.1, 0.15) is 24.3 Å². The van der Waals surface area contributed by atoms with Crippen LogP contribution in [0.2, 0.25) is 36.3 Å². The van der Waals surface area contributed by atoms with Crippen molar-refractivity contribution in [2.24, 2.45) is 0 Å². The molecule has 49 heavy (non-hydrogen) atoms. The number of hydrogen-bond donors (Lipinski definition) is 1. The Kier molecular flexibility index (Phi) is 10.3. The number of aliphatic hydroxyl groups is 1. The van der Waals surface area contributed by atoms with Crippen molar-refractivity contribution in [2.45, 2.75) is 135 Å². The molecule has 1 fully saturated rings. The molecule has 13 nitrogen and oxygen atoms in total. The molecule has 1 amide bonds. The van der Waals surface area contributed by atoms with Crippen molar-refractivity contribution in [3.63, 3.8) is 0 Å². The number of nitrogens with zero attached hydrogens (tertiary/aromatic N) is 6. The molecule has 3 atom stereocenters. The van der Waals surface area contributed by atoms with Gasteiger partial charge in [0.15, 0.2) is 25.3 Å². The van der Waals surface area contributed by atoms with Gasteiger partial charge in [-0.25, -0.2) is 19.7 Å². The zero-order valence-corrected chi connectivity index (χ0v) is 33.3. The number of nitro groups is 1. The van der Waals surface area contributed by atoms with Gasteiger partial charge < -0.3 is 19.0 Å². The van der Waals surface area contributed by atoms with E-state index in [9.17, 15) is 20.0 Å². The summed E-state index contributed by atoms with van der Waals surface area (Å²) in [5.74, 6) is 0.131. The first-order valence-corrected chi connectivity index (χ1v) is 22.6. The summed E-state index contributed by atoms with van der Waals surface area (Å²) in [6.45, 7) is 27.1. The topological polar surface area (TPSA) is 155 Å². The molecule has 0 aliphatic carbocycles. The minimum Gasteiger partial charge on any atom is -0.443 e. The van der Waals surface area contributed by atoms with Gasteiger partial charge in [0, 0.05) is 18.1 Å². The fourth-order valence-corrected chi connectivity index (χ4v) is 9.62. The molecule has 270 valence electrons. The van der Waals surface area contributed by atoms with Crippen molar-refractivity contribution in [3.05, 3.63) is 52.6 Å². The lowest BCUT2D eigenvalue weighted by Gasteiger charge is -2.49. The van der Waals surface area contributed by atoms with E-state index in [1.165, 1.54) is 17.3 Å². The second kappa shape index (κ2) is 13.1. The van der Waals surface area contributed by atoms with Crippen molar-refractivity contribution in [3.8, 4) is 0 Å². The van der Waals surface area contributed by atoms with Crippen LogP contribution in [0.5, 0.6) is 0 Å². The third kappa shape index (κ3) is 7.60. The number of imidazole rings is 1. The molecule has 2 aromatic heterocycles. The Morgan fingerprint density at radius 1 is 1.06 bits per heavy atom. The molecule has 1 aromatic carbocycles. The van der Waals surface area contributed by atoms with Crippen LogP contribution in [0.4, 0.5) is 16.3 Å². The SMILES string of the molecule is CC(C)(C)OC(=O)N(Cc1ccccc1[N+](=O)[O-])c1ncnc2c1ncn2[C@H]1C[C@@](O)([Si](C)(C)C(C)(C)C)[C@@H](CO[Si](C)(C)C(C)(C)C)O1. The summed E-state index contributed by atoms with van der Waals surface area (Å²) in [7, 11) is -4.64. The highest BCUT2D eigenvalue weighted by atomic mass is 28.4. The number of hydrogen-bond acceptors (Lipinski definition) is 10. The van der Waals surface area contributed by atoms with E-state index in [0.717, 1.165) is 0 Å². The second-order valence-electron chi connectivity index (χ2n) is 17.1. The van der Waals surface area contributed by atoms with Crippen molar-refractivity contribution < 1.29 is 28.7 Å². The molecular weight excluding hydrogens is 661 g/mol. The smallest absolute Gasteiger partial charge is 0.416 e. The number of anilines is 1. The van der Waals surface area contributed by atoms with Crippen LogP contribution >= 0.6 is 0 Å². The molecule has 1 aliphatic rings. The van der Waals surface area contributed by atoms with Gasteiger partial charge in [0.25, 0.3) is 5.69 Å². The lowest BCUT2D eigenvalue weighted by Crippen LogP contribution is -2.65. The molecule has 0 saturated carbocycles. The summed E-state index contributed by atoms with van der Waals surface area (Å²) in [5, 5.41) is 23.2. The van der Waals surface area contributed by atoms with E-state index in [2.05, 4.69) is 82.7 Å². The number of nitro benzene ring substituents is 1. The second-order valence-corrected chi connectivity index (χ2v) is 27.6. The van der Waals surface area contributed by atoms with Crippen LogP contribution in [0.15, 0.2) is 36.9 Å². The van der Waals surface area contributed by atoms with E-state index in [1.54, 1.807) is 49.9 Å². The molecule has 0 unspecified atom stereocenters. The summed E-state index contributed by atoms with van der Waals surface area (Å²) >= 11 is 0. The normalized spacial score (nSPS) is 20.9. The van der Waals surface area contributed by atoms with E-state index >= 15 is 0 Å². The summed E-state index contributed by atoms with van der Waals surface area (Å²) in [6, 6.07) is 6.22. The minimum atomic E-state index is -2.47. The zero-order valence-electron chi connectivity index (χ0n) is 31.3. The summed E-state index contributed by atoms with van der Waals surface area (Å²) in [4.78, 5) is 39.9. The van der Waals surface area contributed by atoms with E-state index in [0.29, 0.717) is 17.6 Å². The largest absolute Gasteiger partial charge is 0.443 e. The Morgan fingerprint density at radius 2 is 1.69 bits per heavy atom. The lowest BCUT2D eigenvalue weighted by atomic mass is 10.1. The van der Waals surface area contributed by atoms with E-state index in [-0.39, 0.29) is 40.3 Å². The Hall–Kier alpha value is -3.25. The maximum Gasteiger partial charge on any atom is 0.416 e. The molecule has 3 heterocycles. The highest BCUT2D eigenvalue weighted by Crippen LogP contribution is 2.52. The number of rotatable bonds is 9. The van der Waals surface area contributed by atoms with Gasteiger partial charge in [0.05, 0.1) is 37.7 Å². The van der Waals surface area contributed by atoms with Crippen molar-refractivity contribution in [2.75, 3.05) is 11.5 Å². The average Bonchev–Trinajstić information content (AvgIpc) is 3.54. The van der Waals surface area contributed by atoms with Gasteiger partial charge in [-0.15, -0.1) is 0 Å². The maximum absolute atomic E-state index is 13.7. The monoisotopic (exact) mass is 714 g/mol. The van der Waals surface area contributed by atoms with Crippen LogP contribution in [0.25, 0.3) is 11.2 Å². The number of carbonyl (C=O) groups excluding carboxylic acids is 1. The Balaban J connectivity index is 1.79. The first-order chi connectivity index (χ1) is 22.3.